The van der Waals surface area contributed by atoms with Crippen LogP contribution >= 0.6 is 0 Å². The Morgan fingerprint density at radius 3 is 2.62 bits per heavy atom. The fraction of sp³-hybridized carbons (Fsp3) is 0.400. The van der Waals surface area contributed by atoms with Crippen molar-refractivity contribution in [1.29, 1.82) is 0 Å². The maximum Gasteiger partial charge on any atom is 0.160 e. The molecule has 0 fully saturated rings. The lowest BCUT2D eigenvalue weighted by Gasteiger charge is -2.27. The summed E-state index contributed by atoms with van der Waals surface area (Å²) < 4.78 is 11.8. The summed E-state index contributed by atoms with van der Waals surface area (Å²) in [7, 11) is 0. The van der Waals surface area contributed by atoms with E-state index >= 15 is 0 Å². The Morgan fingerprint density at radius 1 is 1.14 bits per heavy atom. The van der Waals surface area contributed by atoms with Crippen LogP contribution in [-0.4, -0.2) is 24.5 Å². The van der Waals surface area contributed by atoms with Crippen molar-refractivity contribution in [1.82, 2.24) is 0 Å². The van der Waals surface area contributed by atoms with E-state index in [0.29, 0.717) is 13.2 Å². The molecule has 4 nitrogen and oxygen atoms in total. The number of carbonyl (C=O) groups excluding carboxylic acids is 1. The first-order valence-corrected chi connectivity index (χ1v) is 10.4. The van der Waals surface area contributed by atoms with Crippen molar-refractivity contribution >= 4 is 11.5 Å². The number of rotatable bonds is 13. The van der Waals surface area contributed by atoms with Gasteiger partial charge in [0, 0.05) is 11.8 Å². The highest BCUT2D eigenvalue weighted by atomic mass is 16.5. The molecule has 1 N–H and O–H groups in total. The maximum atomic E-state index is 12.4. The van der Waals surface area contributed by atoms with Crippen LogP contribution in [0.3, 0.4) is 0 Å². The molecule has 0 aliphatic heterocycles. The zero-order chi connectivity index (χ0) is 20.9. The molecule has 0 aliphatic rings. The van der Waals surface area contributed by atoms with Crippen molar-refractivity contribution in [3.05, 3.63) is 72.3 Å². The highest BCUT2D eigenvalue weighted by Gasteiger charge is 2.26. The van der Waals surface area contributed by atoms with Gasteiger partial charge in [0.05, 0.1) is 12.6 Å². The number of carbonyl (C=O) groups is 1. The standard InChI is InChI=1S/C25H33NO3/c1-4-6-16-24(25(20(3)27)29-19-21-12-9-8-10-13-21)26-22-14-11-15-23(18-22)28-17-7-5-2/h5,7-15,18,24-26H,4,6,16-17,19H2,1-3H3/b7-5+/t24-,25+/m0/s1. The fourth-order valence-corrected chi connectivity index (χ4v) is 3.13. The molecule has 0 spiro atoms. The van der Waals surface area contributed by atoms with Gasteiger partial charge in [-0.15, -0.1) is 0 Å². The number of allylic oxidation sites excluding steroid dienone is 1. The van der Waals surface area contributed by atoms with Crippen LogP contribution in [0.1, 0.15) is 45.6 Å². The fourth-order valence-electron chi connectivity index (χ4n) is 3.13. The van der Waals surface area contributed by atoms with Gasteiger partial charge in [0.25, 0.3) is 0 Å². The van der Waals surface area contributed by atoms with Gasteiger partial charge in [-0.25, -0.2) is 0 Å². The number of hydrogen-bond donors (Lipinski definition) is 1. The van der Waals surface area contributed by atoms with Crippen molar-refractivity contribution in [2.75, 3.05) is 11.9 Å². The average Bonchev–Trinajstić information content (AvgIpc) is 2.73. The van der Waals surface area contributed by atoms with E-state index in [1.807, 2.05) is 73.7 Å². The lowest BCUT2D eigenvalue weighted by atomic mass is 10.0. The first-order valence-electron chi connectivity index (χ1n) is 10.4. The van der Waals surface area contributed by atoms with Crippen LogP contribution in [0.15, 0.2) is 66.7 Å². The summed E-state index contributed by atoms with van der Waals surface area (Å²) in [5.74, 6) is 0.835. The molecule has 0 heterocycles. The number of Topliss-reactive ketones (excluding diaryl/α,β-unsaturated/α-hetero) is 1. The van der Waals surface area contributed by atoms with Gasteiger partial charge in [0.1, 0.15) is 18.5 Å². The largest absolute Gasteiger partial charge is 0.489 e. The Bertz CT molecular complexity index is 758. The van der Waals surface area contributed by atoms with E-state index in [-0.39, 0.29) is 11.8 Å². The molecule has 0 bridgehead atoms. The molecule has 4 heteroatoms. The molecular weight excluding hydrogens is 362 g/mol. The first-order chi connectivity index (χ1) is 14.1. The minimum absolute atomic E-state index is 0.0371. The minimum atomic E-state index is -0.505. The predicted octanol–water partition coefficient (Wildman–Crippen LogP) is 5.79. The van der Waals surface area contributed by atoms with E-state index in [1.165, 1.54) is 0 Å². The van der Waals surface area contributed by atoms with Crippen LogP contribution < -0.4 is 10.1 Å². The van der Waals surface area contributed by atoms with Crippen LogP contribution in [0.5, 0.6) is 5.75 Å². The molecule has 2 rings (SSSR count). The second kappa shape index (κ2) is 12.8. The Balaban J connectivity index is 2.10. The summed E-state index contributed by atoms with van der Waals surface area (Å²) in [5, 5.41) is 3.52. The van der Waals surface area contributed by atoms with Gasteiger partial charge in [-0.1, -0.05) is 68.3 Å². The normalized spacial score (nSPS) is 13.2. The summed E-state index contributed by atoms with van der Waals surface area (Å²) in [6, 6.07) is 17.7. The maximum absolute atomic E-state index is 12.4. The quantitative estimate of drug-likeness (QED) is 0.436. The van der Waals surface area contributed by atoms with Crippen molar-refractivity contribution in [3.63, 3.8) is 0 Å². The Kier molecular flexibility index (Phi) is 10.0. The van der Waals surface area contributed by atoms with Gasteiger partial charge in [0.2, 0.25) is 0 Å². The van der Waals surface area contributed by atoms with Crippen LogP contribution in [-0.2, 0) is 16.1 Å². The Labute approximate surface area is 174 Å². The van der Waals surface area contributed by atoms with Crippen molar-refractivity contribution in [2.24, 2.45) is 0 Å². The van der Waals surface area contributed by atoms with E-state index in [9.17, 15) is 4.79 Å². The second-order valence-electron chi connectivity index (χ2n) is 7.13. The Morgan fingerprint density at radius 2 is 1.93 bits per heavy atom. The van der Waals surface area contributed by atoms with E-state index in [2.05, 4.69) is 12.2 Å². The molecule has 0 aliphatic carbocycles. The van der Waals surface area contributed by atoms with E-state index < -0.39 is 6.10 Å². The van der Waals surface area contributed by atoms with Gasteiger partial charge < -0.3 is 14.8 Å². The smallest absolute Gasteiger partial charge is 0.160 e. The molecule has 156 valence electrons. The lowest BCUT2D eigenvalue weighted by Crippen LogP contribution is -2.40. The van der Waals surface area contributed by atoms with Crippen LogP contribution in [0, 0.1) is 0 Å². The highest BCUT2D eigenvalue weighted by molar-refractivity contribution is 5.81. The third kappa shape index (κ3) is 8.12. The van der Waals surface area contributed by atoms with Crippen molar-refractivity contribution < 1.29 is 14.3 Å². The molecule has 2 aromatic carbocycles. The summed E-state index contributed by atoms with van der Waals surface area (Å²) >= 11 is 0. The first kappa shape index (κ1) is 22.7. The zero-order valence-corrected chi connectivity index (χ0v) is 17.8. The molecule has 0 radical (unpaired) electrons. The van der Waals surface area contributed by atoms with Gasteiger partial charge >= 0.3 is 0 Å². The zero-order valence-electron chi connectivity index (χ0n) is 17.8. The topological polar surface area (TPSA) is 47.6 Å². The SMILES string of the molecule is C/C=C/COc1cccc(N[C@@H](CCCC)[C@H](OCc2ccccc2)C(C)=O)c1. The molecule has 2 aromatic rings. The Hall–Kier alpha value is -2.59. The van der Waals surface area contributed by atoms with Gasteiger partial charge in [-0.3, -0.25) is 4.79 Å². The second-order valence-corrected chi connectivity index (χ2v) is 7.13. The number of ketones is 1. The van der Waals surface area contributed by atoms with Gasteiger partial charge in [-0.2, -0.15) is 0 Å². The lowest BCUT2D eigenvalue weighted by molar-refractivity contribution is -0.130. The number of anilines is 1. The number of benzene rings is 2. The molecule has 29 heavy (non-hydrogen) atoms. The van der Waals surface area contributed by atoms with E-state index in [1.54, 1.807) is 6.92 Å². The van der Waals surface area contributed by atoms with Crippen LogP contribution in [0.4, 0.5) is 5.69 Å². The third-order valence-electron chi connectivity index (χ3n) is 4.68. The number of nitrogens with one attached hydrogen (secondary N) is 1. The molecule has 0 amide bonds. The minimum Gasteiger partial charge on any atom is -0.489 e. The molecular formula is C25H33NO3. The van der Waals surface area contributed by atoms with Gasteiger partial charge in [-0.05, 0) is 38.0 Å². The third-order valence-corrected chi connectivity index (χ3v) is 4.68. The molecule has 0 aromatic heterocycles. The monoisotopic (exact) mass is 395 g/mol. The molecule has 2 atom stereocenters. The van der Waals surface area contributed by atoms with Gasteiger partial charge in [0.15, 0.2) is 5.78 Å². The van der Waals surface area contributed by atoms with Crippen LogP contribution in [0.25, 0.3) is 0 Å². The molecule has 0 unspecified atom stereocenters. The summed E-state index contributed by atoms with van der Waals surface area (Å²) in [4.78, 5) is 12.4. The van der Waals surface area contributed by atoms with E-state index in [0.717, 1.165) is 36.3 Å². The summed E-state index contributed by atoms with van der Waals surface area (Å²) in [6.07, 6.45) is 6.37. The van der Waals surface area contributed by atoms with Crippen molar-refractivity contribution in [2.45, 2.75) is 58.8 Å². The van der Waals surface area contributed by atoms with E-state index in [4.69, 9.17) is 9.47 Å². The number of hydrogen-bond acceptors (Lipinski definition) is 4. The predicted molar refractivity (Wildman–Crippen MR) is 119 cm³/mol. The summed E-state index contributed by atoms with van der Waals surface area (Å²) in [5.41, 5.74) is 1.99. The summed E-state index contributed by atoms with van der Waals surface area (Å²) in [6.45, 7) is 6.68. The number of ether oxygens (including phenoxy) is 2. The molecule has 0 saturated heterocycles. The number of unbranched alkanes of at least 4 members (excludes halogenated alkanes) is 1. The molecule has 0 saturated carbocycles. The highest BCUT2D eigenvalue weighted by Crippen LogP contribution is 2.22. The van der Waals surface area contributed by atoms with Crippen LogP contribution in [0.2, 0.25) is 0 Å². The van der Waals surface area contributed by atoms with Crippen molar-refractivity contribution in [3.8, 4) is 5.75 Å². The average molecular weight is 396 g/mol.